The van der Waals surface area contributed by atoms with Crippen molar-refractivity contribution in [2.24, 2.45) is 10.8 Å². The van der Waals surface area contributed by atoms with Gasteiger partial charge in [0.2, 0.25) is 0 Å². The number of carbonyl (C=O) groups is 1. The highest BCUT2D eigenvalue weighted by molar-refractivity contribution is 5.74. The third-order valence-corrected chi connectivity index (χ3v) is 5.45. The number of piperidine rings is 1. The quantitative estimate of drug-likeness (QED) is 0.836. The lowest BCUT2D eigenvalue weighted by Gasteiger charge is -2.41. The molecule has 1 spiro atoms. The molecule has 1 atom stereocenters. The van der Waals surface area contributed by atoms with Gasteiger partial charge in [0.25, 0.3) is 0 Å². The second-order valence-electron chi connectivity index (χ2n) is 6.70. The summed E-state index contributed by atoms with van der Waals surface area (Å²) in [5, 5.41) is 9.34. The zero-order valence-electron chi connectivity index (χ0n) is 11.9. The molecule has 18 heavy (non-hydrogen) atoms. The fourth-order valence-electron chi connectivity index (χ4n) is 3.63. The highest BCUT2D eigenvalue weighted by Crippen LogP contribution is 2.46. The van der Waals surface area contributed by atoms with E-state index in [2.05, 4.69) is 4.90 Å². The van der Waals surface area contributed by atoms with Crippen LogP contribution in [0.15, 0.2) is 0 Å². The van der Waals surface area contributed by atoms with Crippen LogP contribution in [-0.4, -0.2) is 35.6 Å². The minimum Gasteiger partial charge on any atom is -0.481 e. The molecule has 0 aromatic rings. The van der Waals surface area contributed by atoms with E-state index >= 15 is 0 Å². The molecule has 0 bridgehead atoms. The molecule has 3 nitrogen and oxygen atoms in total. The number of carboxylic acids is 1. The second kappa shape index (κ2) is 5.20. The third-order valence-electron chi connectivity index (χ3n) is 5.45. The van der Waals surface area contributed by atoms with E-state index in [0.29, 0.717) is 11.8 Å². The zero-order valence-corrected chi connectivity index (χ0v) is 11.9. The van der Waals surface area contributed by atoms with Crippen molar-refractivity contribution >= 4 is 5.97 Å². The first-order chi connectivity index (χ1) is 8.50. The summed E-state index contributed by atoms with van der Waals surface area (Å²) in [4.78, 5) is 13.7. The van der Waals surface area contributed by atoms with Gasteiger partial charge in [-0.05, 0) is 57.5 Å². The van der Waals surface area contributed by atoms with Crippen molar-refractivity contribution in [1.29, 1.82) is 0 Å². The maximum Gasteiger partial charge on any atom is 0.310 e. The van der Waals surface area contributed by atoms with E-state index in [1.165, 1.54) is 38.5 Å². The SMILES string of the molecule is CCC(C)(CN1CCC2(CCCC2)CC1)C(=O)O. The summed E-state index contributed by atoms with van der Waals surface area (Å²) in [5.74, 6) is -0.647. The fourth-order valence-corrected chi connectivity index (χ4v) is 3.63. The van der Waals surface area contributed by atoms with E-state index in [4.69, 9.17) is 0 Å². The van der Waals surface area contributed by atoms with Gasteiger partial charge in [0.05, 0.1) is 5.41 Å². The van der Waals surface area contributed by atoms with Crippen molar-refractivity contribution in [3.63, 3.8) is 0 Å². The molecule has 2 rings (SSSR count). The van der Waals surface area contributed by atoms with E-state index in [1.54, 1.807) is 0 Å². The molecule has 1 heterocycles. The monoisotopic (exact) mass is 253 g/mol. The Balaban J connectivity index is 1.88. The highest BCUT2D eigenvalue weighted by atomic mass is 16.4. The van der Waals surface area contributed by atoms with E-state index in [-0.39, 0.29) is 0 Å². The van der Waals surface area contributed by atoms with Crippen LogP contribution in [0.2, 0.25) is 0 Å². The summed E-state index contributed by atoms with van der Waals surface area (Å²) >= 11 is 0. The number of hydrogen-bond donors (Lipinski definition) is 1. The number of hydrogen-bond acceptors (Lipinski definition) is 2. The summed E-state index contributed by atoms with van der Waals surface area (Å²) in [7, 11) is 0. The molecular formula is C15H27NO2. The van der Waals surface area contributed by atoms with Crippen LogP contribution < -0.4 is 0 Å². The Morgan fingerprint density at radius 3 is 2.22 bits per heavy atom. The van der Waals surface area contributed by atoms with Crippen molar-refractivity contribution < 1.29 is 9.90 Å². The van der Waals surface area contributed by atoms with Crippen LogP contribution >= 0.6 is 0 Å². The lowest BCUT2D eigenvalue weighted by Crippen LogP contribution is -2.46. The molecule has 1 saturated heterocycles. The normalized spacial score (nSPS) is 27.2. The fraction of sp³-hybridized carbons (Fsp3) is 0.933. The molecule has 1 aliphatic carbocycles. The topological polar surface area (TPSA) is 40.5 Å². The maximum atomic E-state index is 11.3. The van der Waals surface area contributed by atoms with Gasteiger partial charge in [-0.1, -0.05) is 19.8 Å². The minimum atomic E-state index is -0.647. The van der Waals surface area contributed by atoms with Crippen molar-refractivity contribution in [2.45, 2.75) is 58.8 Å². The lowest BCUT2D eigenvalue weighted by atomic mass is 9.76. The summed E-state index contributed by atoms with van der Waals surface area (Å²) in [6.07, 6.45) is 8.90. The van der Waals surface area contributed by atoms with Crippen LogP contribution in [0.25, 0.3) is 0 Å². The second-order valence-corrected chi connectivity index (χ2v) is 6.70. The van der Waals surface area contributed by atoms with Crippen LogP contribution in [0.3, 0.4) is 0 Å². The third kappa shape index (κ3) is 2.71. The molecule has 0 amide bonds. The van der Waals surface area contributed by atoms with Crippen LogP contribution in [0.1, 0.15) is 58.8 Å². The molecule has 1 saturated carbocycles. The number of likely N-dealkylation sites (tertiary alicyclic amines) is 1. The first-order valence-corrected chi connectivity index (χ1v) is 7.45. The van der Waals surface area contributed by atoms with Crippen molar-refractivity contribution in [3.05, 3.63) is 0 Å². The Bertz CT molecular complexity index is 300. The molecule has 0 aromatic heterocycles. The average molecular weight is 253 g/mol. The van der Waals surface area contributed by atoms with E-state index < -0.39 is 11.4 Å². The Morgan fingerprint density at radius 1 is 1.22 bits per heavy atom. The van der Waals surface area contributed by atoms with E-state index in [1.807, 2.05) is 13.8 Å². The zero-order chi connectivity index (χ0) is 13.2. The Kier molecular flexibility index (Phi) is 4.00. The predicted molar refractivity (Wildman–Crippen MR) is 72.6 cm³/mol. The number of nitrogens with zero attached hydrogens (tertiary/aromatic N) is 1. The minimum absolute atomic E-state index is 0.569. The number of aliphatic carboxylic acids is 1. The molecule has 0 aromatic carbocycles. The van der Waals surface area contributed by atoms with E-state index in [0.717, 1.165) is 19.6 Å². The molecular weight excluding hydrogens is 226 g/mol. The van der Waals surface area contributed by atoms with Gasteiger partial charge in [-0.15, -0.1) is 0 Å². The van der Waals surface area contributed by atoms with Gasteiger partial charge in [-0.3, -0.25) is 4.79 Å². The van der Waals surface area contributed by atoms with Crippen molar-refractivity contribution in [1.82, 2.24) is 4.90 Å². The number of rotatable bonds is 4. The molecule has 2 aliphatic rings. The van der Waals surface area contributed by atoms with Gasteiger partial charge in [0.15, 0.2) is 0 Å². The summed E-state index contributed by atoms with van der Waals surface area (Å²) in [5.41, 5.74) is 0.0581. The molecule has 104 valence electrons. The van der Waals surface area contributed by atoms with E-state index in [9.17, 15) is 9.90 Å². The van der Waals surface area contributed by atoms with Gasteiger partial charge in [0.1, 0.15) is 0 Å². The van der Waals surface area contributed by atoms with Gasteiger partial charge in [-0.2, -0.15) is 0 Å². The standard InChI is InChI=1S/C15H27NO2/c1-3-14(2,13(17)18)12-16-10-8-15(9-11-16)6-4-5-7-15/h3-12H2,1-2H3,(H,17,18). The maximum absolute atomic E-state index is 11.3. The van der Waals surface area contributed by atoms with Crippen molar-refractivity contribution in [2.75, 3.05) is 19.6 Å². The molecule has 2 fully saturated rings. The first-order valence-electron chi connectivity index (χ1n) is 7.45. The summed E-state index contributed by atoms with van der Waals surface area (Å²) in [6, 6.07) is 0. The molecule has 1 unspecified atom stereocenters. The lowest BCUT2D eigenvalue weighted by molar-refractivity contribution is -0.149. The summed E-state index contributed by atoms with van der Waals surface area (Å²) in [6.45, 7) is 6.78. The molecule has 3 heteroatoms. The average Bonchev–Trinajstić information content (AvgIpc) is 2.81. The van der Waals surface area contributed by atoms with Gasteiger partial charge < -0.3 is 10.0 Å². The van der Waals surface area contributed by atoms with Gasteiger partial charge in [-0.25, -0.2) is 0 Å². The Labute approximate surface area is 111 Å². The molecule has 1 aliphatic heterocycles. The van der Waals surface area contributed by atoms with Crippen LogP contribution in [-0.2, 0) is 4.79 Å². The predicted octanol–water partition coefficient (Wildman–Crippen LogP) is 3.14. The van der Waals surface area contributed by atoms with Crippen LogP contribution in [0.4, 0.5) is 0 Å². The molecule has 0 radical (unpaired) electrons. The largest absolute Gasteiger partial charge is 0.481 e. The highest BCUT2D eigenvalue weighted by Gasteiger charge is 2.39. The van der Waals surface area contributed by atoms with Gasteiger partial charge >= 0.3 is 5.97 Å². The summed E-state index contributed by atoms with van der Waals surface area (Å²) < 4.78 is 0. The number of carboxylic acid groups (broad SMARTS) is 1. The van der Waals surface area contributed by atoms with Crippen LogP contribution in [0.5, 0.6) is 0 Å². The Hall–Kier alpha value is -0.570. The smallest absolute Gasteiger partial charge is 0.310 e. The first kappa shape index (κ1) is 13.9. The van der Waals surface area contributed by atoms with Crippen molar-refractivity contribution in [3.8, 4) is 0 Å². The van der Waals surface area contributed by atoms with Gasteiger partial charge in [0, 0.05) is 6.54 Å². The Morgan fingerprint density at radius 2 is 1.78 bits per heavy atom. The van der Waals surface area contributed by atoms with Crippen LogP contribution in [0, 0.1) is 10.8 Å². The molecule has 1 N–H and O–H groups in total.